The summed E-state index contributed by atoms with van der Waals surface area (Å²) < 4.78 is 1.91. The molecule has 2 rings (SSSR count). The highest BCUT2D eigenvalue weighted by atomic mass is 32.1. The zero-order valence-corrected chi connectivity index (χ0v) is 9.01. The van der Waals surface area contributed by atoms with E-state index in [9.17, 15) is 0 Å². The van der Waals surface area contributed by atoms with E-state index < -0.39 is 0 Å². The fourth-order valence-electron chi connectivity index (χ4n) is 1.31. The van der Waals surface area contributed by atoms with Crippen molar-refractivity contribution in [2.24, 2.45) is 0 Å². The van der Waals surface area contributed by atoms with Gasteiger partial charge in [-0.3, -0.25) is 0 Å². The molecule has 0 unspecified atom stereocenters. The molecule has 0 aromatic carbocycles. The molecule has 74 valence electrons. The molecule has 0 fully saturated rings. The summed E-state index contributed by atoms with van der Waals surface area (Å²) >= 11 is 1.65. The van der Waals surface area contributed by atoms with Gasteiger partial charge in [0.25, 0.3) is 0 Å². The molecule has 2 N–H and O–H groups in total. The van der Waals surface area contributed by atoms with Crippen molar-refractivity contribution in [3.05, 3.63) is 28.0 Å². The van der Waals surface area contributed by atoms with Crippen LogP contribution in [0.1, 0.15) is 16.4 Å². The van der Waals surface area contributed by atoms with Crippen molar-refractivity contribution >= 4 is 17.3 Å². The Morgan fingerprint density at radius 2 is 2.14 bits per heavy atom. The fraction of sp³-hybridized carbons (Fsp3) is 0.333. The van der Waals surface area contributed by atoms with Crippen LogP contribution in [0, 0.1) is 13.8 Å². The Bertz CT molecular complexity index is 443. The lowest BCUT2D eigenvalue weighted by atomic mass is 10.5. The predicted molar refractivity (Wildman–Crippen MR) is 57.3 cm³/mol. The van der Waals surface area contributed by atoms with E-state index >= 15 is 0 Å². The van der Waals surface area contributed by atoms with E-state index in [1.54, 1.807) is 11.3 Å². The molecule has 2 heterocycles. The van der Waals surface area contributed by atoms with Gasteiger partial charge in [-0.1, -0.05) is 0 Å². The molecule has 0 saturated heterocycles. The molecule has 0 amide bonds. The average molecular weight is 208 g/mol. The minimum Gasteiger partial charge on any atom is -0.369 e. The van der Waals surface area contributed by atoms with Gasteiger partial charge in [0.2, 0.25) is 5.95 Å². The Morgan fingerprint density at radius 3 is 2.64 bits per heavy atom. The average Bonchev–Trinajstić information content (AvgIpc) is 2.61. The lowest BCUT2D eigenvalue weighted by molar-refractivity contribution is 0.800. The minimum atomic E-state index is 0.551. The van der Waals surface area contributed by atoms with E-state index in [0.29, 0.717) is 12.5 Å². The van der Waals surface area contributed by atoms with Gasteiger partial charge < -0.3 is 10.3 Å². The number of nitrogens with zero attached hydrogens (tertiary/aromatic N) is 3. The van der Waals surface area contributed by atoms with Gasteiger partial charge >= 0.3 is 0 Å². The van der Waals surface area contributed by atoms with Crippen LogP contribution in [0.15, 0.2) is 11.6 Å². The maximum absolute atomic E-state index is 5.72. The number of nitrogen functional groups attached to an aromatic ring is 1. The molecule has 4 nitrogen and oxygen atoms in total. The highest BCUT2D eigenvalue weighted by molar-refractivity contribution is 7.09. The number of aromatic nitrogens is 3. The third-order valence-electron chi connectivity index (χ3n) is 1.90. The normalized spacial score (nSPS) is 10.7. The van der Waals surface area contributed by atoms with Crippen LogP contribution in [0.3, 0.4) is 0 Å². The molecule has 14 heavy (non-hydrogen) atoms. The molecule has 0 radical (unpaired) electrons. The smallest absolute Gasteiger partial charge is 0.200 e. The van der Waals surface area contributed by atoms with E-state index in [0.717, 1.165) is 16.4 Å². The van der Waals surface area contributed by atoms with Crippen LogP contribution in [-0.2, 0) is 6.54 Å². The first-order valence-electron chi connectivity index (χ1n) is 4.35. The van der Waals surface area contributed by atoms with Crippen LogP contribution in [-0.4, -0.2) is 14.5 Å². The number of hydrogen-bond donors (Lipinski definition) is 1. The topological polar surface area (TPSA) is 56.7 Å². The van der Waals surface area contributed by atoms with Crippen molar-refractivity contribution < 1.29 is 0 Å². The first-order valence-corrected chi connectivity index (χ1v) is 5.23. The Morgan fingerprint density at radius 1 is 1.36 bits per heavy atom. The summed E-state index contributed by atoms with van der Waals surface area (Å²) in [7, 11) is 0. The second-order valence-corrected chi connectivity index (χ2v) is 4.19. The highest BCUT2D eigenvalue weighted by Gasteiger charge is 2.04. The number of rotatable bonds is 2. The molecule has 0 aliphatic rings. The van der Waals surface area contributed by atoms with E-state index in [1.807, 2.05) is 30.0 Å². The second kappa shape index (κ2) is 3.42. The van der Waals surface area contributed by atoms with E-state index in [4.69, 9.17) is 5.73 Å². The second-order valence-electron chi connectivity index (χ2n) is 3.25. The van der Waals surface area contributed by atoms with Gasteiger partial charge in [-0.25, -0.2) is 9.97 Å². The van der Waals surface area contributed by atoms with Gasteiger partial charge in [0, 0.05) is 17.3 Å². The van der Waals surface area contributed by atoms with Crippen LogP contribution in [0.4, 0.5) is 5.95 Å². The summed E-state index contributed by atoms with van der Waals surface area (Å²) in [6.45, 7) is 4.63. The third-order valence-corrected chi connectivity index (χ3v) is 2.85. The van der Waals surface area contributed by atoms with Gasteiger partial charge in [-0.15, -0.1) is 11.3 Å². The minimum absolute atomic E-state index is 0.551. The van der Waals surface area contributed by atoms with Crippen LogP contribution >= 0.6 is 11.3 Å². The molecular formula is C9H12N4S. The molecule has 0 saturated carbocycles. The number of anilines is 1. The Kier molecular flexibility index (Phi) is 2.25. The fourth-order valence-corrected chi connectivity index (χ4v) is 2.08. The van der Waals surface area contributed by atoms with Crippen LogP contribution in [0.25, 0.3) is 0 Å². The molecule has 2 aromatic heterocycles. The van der Waals surface area contributed by atoms with Gasteiger partial charge in [0.15, 0.2) is 0 Å². The summed E-state index contributed by atoms with van der Waals surface area (Å²) in [6, 6.07) is 0. The molecule has 0 spiro atoms. The Labute approximate surface area is 86.4 Å². The molecule has 0 bridgehead atoms. The van der Waals surface area contributed by atoms with E-state index in [2.05, 4.69) is 9.97 Å². The van der Waals surface area contributed by atoms with Crippen molar-refractivity contribution in [1.29, 1.82) is 0 Å². The summed E-state index contributed by atoms with van der Waals surface area (Å²) in [6.07, 6.45) is 1.94. The summed E-state index contributed by atoms with van der Waals surface area (Å²) in [4.78, 5) is 8.50. The summed E-state index contributed by atoms with van der Waals surface area (Å²) in [5.41, 5.74) is 7.72. The number of imidazole rings is 1. The predicted octanol–water partition coefficient (Wildman–Crippen LogP) is 1.59. The van der Waals surface area contributed by atoms with Gasteiger partial charge in [0.1, 0.15) is 5.01 Å². The molecule has 2 aromatic rings. The maximum Gasteiger partial charge on any atom is 0.200 e. The lowest BCUT2D eigenvalue weighted by Gasteiger charge is -1.99. The van der Waals surface area contributed by atoms with E-state index in [1.165, 1.54) is 0 Å². The molecule has 0 atom stereocenters. The van der Waals surface area contributed by atoms with Crippen LogP contribution in [0.5, 0.6) is 0 Å². The van der Waals surface area contributed by atoms with Gasteiger partial charge in [-0.2, -0.15) is 0 Å². The standard InChI is InChI=1S/C9H12N4S/c1-6-3-13(9(10)12-6)4-8-11-7(2)5-14-8/h3,5H,4H2,1-2H3,(H2,10,12). The third kappa shape index (κ3) is 1.77. The van der Waals surface area contributed by atoms with Gasteiger partial charge in [-0.05, 0) is 13.8 Å². The summed E-state index contributed by atoms with van der Waals surface area (Å²) in [5.74, 6) is 0.551. The maximum atomic E-state index is 5.72. The van der Waals surface area contributed by atoms with Crippen LogP contribution < -0.4 is 5.73 Å². The number of thiazole rings is 1. The first-order chi connectivity index (χ1) is 6.65. The monoisotopic (exact) mass is 208 g/mol. The van der Waals surface area contributed by atoms with Crippen LogP contribution in [0.2, 0.25) is 0 Å². The highest BCUT2D eigenvalue weighted by Crippen LogP contribution is 2.13. The van der Waals surface area contributed by atoms with Crippen molar-refractivity contribution in [3.63, 3.8) is 0 Å². The molecule has 0 aliphatic heterocycles. The number of hydrogen-bond acceptors (Lipinski definition) is 4. The molecular weight excluding hydrogens is 196 g/mol. The molecule has 5 heteroatoms. The van der Waals surface area contributed by atoms with Crippen molar-refractivity contribution in [2.75, 3.05) is 5.73 Å². The largest absolute Gasteiger partial charge is 0.369 e. The zero-order valence-electron chi connectivity index (χ0n) is 8.19. The Balaban J connectivity index is 2.22. The SMILES string of the molecule is Cc1csc(Cn2cc(C)nc2N)n1. The first kappa shape index (κ1) is 9.21. The van der Waals surface area contributed by atoms with Crippen molar-refractivity contribution in [2.45, 2.75) is 20.4 Å². The van der Waals surface area contributed by atoms with Crippen molar-refractivity contribution in [3.8, 4) is 0 Å². The number of nitrogens with two attached hydrogens (primary N) is 1. The molecule has 0 aliphatic carbocycles. The zero-order chi connectivity index (χ0) is 10.1. The number of aryl methyl sites for hydroxylation is 2. The Hall–Kier alpha value is -1.36. The van der Waals surface area contributed by atoms with Crippen molar-refractivity contribution in [1.82, 2.24) is 14.5 Å². The lowest BCUT2D eigenvalue weighted by Crippen LogP contribution is -2.03. The van der Waals surface area contributed by atoms with E-state index in [-0.39, 0.29) is 0 Å². The quantitative estimate of drug-likeness (QED) is 0.815. The van der Waals surface area contributed by atoms with Gasteiger partial charge in [0.05, 0.1) is 12.2 Å². The summed E-state index contributed by atoms with van der Waals surface area (Å²) in [5, 5.41) is 3.10.